The normalized spacial score (nSPS) is 10.7. The number of nitro groups is 2. The van der Waals surface area contributed by atoms with Crippen LogP contribution < -0.4 is 5.32 Å². The summed E-state index contributed by atoms with van der Waals surface area (Å²) in [6.07, 6.45) is 1.43. The molecule has 20 heavy (non-hydrogen) atoms. The molecule has 109 valence electrons. The van der Waals surface area contributed by atoms with Gasteiger partial charge in [-0.15, -0.1) is 0 Å². The fourth-order valence-electron chi connectivity index (χ4n) is 2.01. The molecule has 1 N–H and O–H groups in total. The molecule has 0 aromatic heterocycles. The van der Waals surface area contributed by atoms with Crippen molar-refractivity contribution in [2.75, 3.05) is 5.32 Å². The Bertz CT molecular complexity index is 539. The van der Waals surface area contributed by atoms with Crippen LogP contribution in [-0.2, 0) is 0 Å². The minimum Gasteiger partial charge on any atom is -0.371 e. The molecule has 0 atom stereocenters. The lowest BCUT2D eigenvalue weighted by molar-refractivity contribution is -0.392. The van der Waals surface area contributed by atoms with Crippen LogP contribution in [0.4, 0.5) is 17.1 Å². The highest BCUT2D eigenvalue weighted by Gasteiger charge is 2.30. The summed E-state index contributed by atoms with van der Waals surface area (Å²) >= 11 is 0. The van der Waals surface area contributed by atoms with Crippen LogP contribution in [0.2, 0.25) is 0 Å². The Morgan fingerprint density at radius 3 is 2.20 bits per heavy atom. The van der Waals surface area contributed by atoms with Gasteiger partial charge in [-0.1, -0.05) is 13.8 Å². The van der Waals surface area contributed by atoms with Gasteiger partial charge in [0.25, 0.3) is 5.69 Å². The molecular formula is C13H18N3O4. The van der Waals surface area contributed by atoms with E-state index in [1.165, 1.54) is 6.07 Å². The molecule has 0 aliphatic heterocycles. The molecule has 1 aromatic rings. The molecule has 0 aliphatic rings. The van der Waals surface area contributed by atoms with Crippen LogP contribution in [0.25, 0.3) is 0 Å². The summed E-state index contributed by atoms with van der Waals surface area (Å²) < 4.78 is 0. The van der Waals surface area contributed by atoms with Crippen LogP contribution >= 0.6 is 0 Å². The molecule has 7 heteroatoms. The van der Waals surface area contributed by atoms with Crippen molar-refractivity contribution in [1.82, 2.24) is 0 Å². The summed E-state index contributed by atoms with van der Waals surface area (Å²) in [4.78, 5) is 21.1. The number of rotatable bonds is 6. The van der Waals surface area contributed by atoms with Crippen molar-refractivity contribution >= 4 is 17.1 Å². The summed E-state index contributed by atoms with van der Waals surface area (Å²) in [6, 6.07) is 1.26. The van der Waals surface area contributed by atoms with Gasteiger partial charge in [0.15, 0.2) is 5.69 Å². The molecule has 1 radical (unpaired) electrons. The highest BCUT2D eigenvalue weighted by atomic mass is 16.6. The highest BCUT2D eigenvalue weighted by Crippen LogP contribution is 2.39. The van der Waals surface area contributed by atoms with Gasteiger partial charge in [-0.3, -0.25) is 20.2 Å². The van der Waals surface area contributed by atoms with E-state index in [1.54, 1.807) is 6.92 Å². The Labute approximate surface area is 117 Å². The molecular weight excluding hydrogens is 262 g/mol. The zero-order chi connectivity index (χ0) is 15.4. The molecule has 1 rings (SSSR count). The second-order valence-electron chi connectivity index (χ2n) is 4.59. The number of anilines is 1. The van der Waals surface area contributed by atoms with Crippen molar-refractivity contribution in [1.29, 1.82) is 0 Å². The van der Waals surface area contributed by atoms with E-state index in [-0.39, 0.29) is 28.7 Å². The number of nitrogens with zero attached hydrogens (tertiary/aromatic N) is 2. The number of benzene rings is 1. The summed E-state index contributed by atoms with van der Waals surface area (Å²) in [6.45, 7) is 9.06. The molecule has 1 aromatic carbocycles. The number of hydrogen-bond donors (Lipinski definition) is 1. The third-order valence-corrected chi connectivity index (χ3v) is 3.32. The highest BCUT2D eigenvalue weighted by molar-refractivity contribution is 5.78. The van der Waals surface area contributed by atoms with Crippen molar-refractivity contribution in [2.45, 2.75) is 39.7 Å². The van der Waals surface area contributed by atoms with E-state index in [9.17, 15) is 20.2 Å². The van der Waals surface area contributed by atoms with E-state index < -0.39 is 9.85 Å². The molecule has 0 bridgehead atoms. The van der Waals surface area contributed by atoms with Crippen molar-refractivity contribution in [3.63, 3.8) is 0 Å². The summed E-state index contributed by atoms with van der Waals surface area (Å²) in [5.41, 5.74) is -0.0195. The molecule has 0 spiro atoms. The second kappa shape index (κ2) is 6.31. The van der Waals surface area contributed by atoms with Gasteiger partial charge in [0, 0.05) is 17.7 Å². The summed E-state index contributed by atoms with van der Waals surface area (Å²) in [7, 11) is 0. The van der Waals surface area contributed by atoms with Gasteiger partial charge in [0.2, 0.25) is 0 Å². The Kier molecular flexibility index (Phi) is 5.01. The predicted octanol–water partition coefficient (Wildman–Crippen LogP) is 3.59. The van der Waals surface area contributed by atoms with E-state index in [0.717, 1.165) is 0 Å². The van der Waals surface area contributed by atoms with Gasteiger partial charge >= 0.3 is 5.69 Å². The fraction of sp³-hybridized carbons (Fsp3) is 0.462. The van der Waals surface area contributed by atoms with Gasteiger partial charge in [-0.05, 0) is 32.3 Å². The zero-order valence-corrected chi connectivity index (χ0v) is 11.8. The minimum absolute atomic E-state index is 0.0516. The Morgan fingerprint density at radius 1 is 1.25 bits per heavy atom. The maximum absolute atomic E-state index is 11.2. The molecule has 0 heterocycles. The smallest absolute Gasteiger partial charge is 0.302 e. The minimum atomic E-state index is -0.618. The third kappa shape index (κ3) is 3.04. The van der Waals surface area contributed by atoms with Gasteiger partial charge in [-0.25, -0.2) is 0 Å². The van der Waals surface area contributed by atoms with Crippen molar-refractivity contribution < 1.29 is 9.85 Å². The standard InChI is InChI=1S/C13H18N3O4/c1-5-10(6-2)14-12-11(15(17)18)7-8(3)9(4)13(12)16(19)20/h7,10,14H,4-6H2,1-3H3. The van der Waals surface area contributed by atoms with E-state index >= 15 is 0 Å². The van der Waals surface area contributed by atoms with Crippen LogP contribution in [0, 0.1) is 34.1 Å². The number of nitrogens with one attached hydrogen (secondary N) is 1. The molecule has 0 unspecified atom stereocenters. The van der Waals surface area contributed by atoms with Crippen LogP contribution in [0.1, 0.15) is 37.8 Å². The number of hydrogen-bond acceptors (Lipinski definition) is 5. The largest absolute Gasteiger partial charge is 0.371 e. The monoisotopic (exact) mass is 280 g/mol. The predicted molar refractivity (Wildman–Crippen MR) is 76.9 cm³/mol. The lowest BCUT2D eigenvalue weighted by Crippen LogP contribution is -2.19. The lowest BCUT2D eigenvalue weighted by Gasteiger charge is -2.17. The van der Waals surface area contributed by atoms with Crippen molar-refractivity contribution in [3.8, 4) is 0 Å². The fourth-order valence-corrected chi connectivity index (χ4v) is 2.01. The quantitative estimate of drug-likeness (QED) is 0.634. The maximum Gasteiger partial charge on any atom is 0.302 e. The molecule has 0 saturated carbocycles. The van der Waals surface area contributed by atoms with E-state index in [0.29, 0.717) is 18.4 Å². The van der Waals surface area contributed by atoms with Gasteiger partial charge in [0.1, 0.15) is 0 Å². The van der Waals surface area contributed by atoms with E-state index in [1.807, 2.05) is 13.8 Å². The molecule has 0 aliphatic carbocycles. The SMILES string of the molecule is [CH2]c1c(C)cc([N+](=O)[O-])c(NC(CC)CC)c1[N+](=O)[O-]. The summed E-state index contributed by atoms with van der Waals surface area (Å²) in [5, 5.41) is 25.3. The number of nitro benzene ring substituents is 2. The van der Waals surface area contributed by atoms with Gasteiger partial charge in [-0.2, -0.15) is 0 Å². The molecule has 0 fully saturated rings. The Hall–Kier alpha value is -2.18. The first-order valence-electron chi connectivity index (χ1n) is 6.38. The van der Waals surface area contributed by atoms with Crippen molar-refractivity contribution in [3.05, 3.63) is 44.3 Å². The van der Waals surface area contributed by atoms with Gasteiger partial charge < -0.3 is 5.32 Å². The topological polar surface area (TPSA) is 98.3 Å². The maximum atomic E-state index is 11.2. The summed E-state index contributed by atoms with van der Waals surface area (Å²) in [5.74, 6) is 0. The Balaban J connectivity index is 3.54. The van der Waals surface area contributed by atoms with Crippen LogP contribution in [-0.4, -0.2) is 15.9 Å². The van der Waals surface area contributed by atoms with E-state index in [2.05, 4.69) is 12.2 Å². The van der Waals surface area contributed by atoms with Crippen LogP contribution in [0.3, 0.4) is 0 Å². The molecule has 0 saturated heterocycles. The zero-order valence-electron chi connectivity index (χ0n) is 11.8. The lowest BCUT2D eigenvalue weighted by atomic mass is 10.0. The van der Waals surface area contributed by atoms with Crippen LogP contribution in [0.5, 0.6) is 0 Å². The van der Waals surface area contributed by atoms with E-state index in [4.69, 9.17) is 0 Å². The third-order valence-electron chi connectivity index (χ3n) is 3.32. The number of aryl methyl sites for hydroxylation is 1. The molecule has 7 nitrogen and oxygen atoms in total. The Morgan fingerprint density at radius 2 is 1.80 bits per heavy atom. The van der Waals surface area contributed by atoms with Crippen LogP contribution in [0.15, 0.2) is 6.07 Å². The first-order valence-corrected chi connectivity index (χ1v) is 6.38. The average Bonchev–Trinajstić information content (AvgIpc) is 2.38. The average molecular weight is 280 g/mol. The molecule has 0 amide bonds. The second-order valence-corrected chi connectivity index (χ2v) is 4.59. The van der Waals surface area contributed by atoms with Crippen molar-refractivity contribution in [2.24, 2.45) is 0 Å². The van der Waals surface area contributed by atoms with Gasteiger partial charge in [0.05, 0.1) is 9.85 Å². The first-order chi connectivity index (χ1) is 9.33. The first kappa shape index (κ1) is 15.9.